The lowest BCUT2D eigenvalue weighted by atomic mass is 9.77. The molecule has 0 saturated carbocycles. The van der Waals surface area contributed by atoms with Crippen LogP contribution in [0.5, 0.6) is 0 Å². The van der Waals surface area contributed by atoms with Crippen LogP contribution in [0, 0.1) is 5.41 Å². The van der Waals surface area contributed by atoms with Crippen LogP contribution >= 0.6 is 0 Å². The van der Waals surface area contributed by atoms with E-state index in [1.807, 2.05) is 18.3 Å². The van der Waals surface area contributed by atoms with Crippen molar-refractivity contribution in [2.75, 3.05) is 32.7 Å². The number of halogens is 1. The largest absolute Gasteiger partial charge is 0.321 e. The third-order valence-electron chi connectivity index (χ3n) is 13.0. The number of allylic oxidation sites excluding steroid dienone is 6. The van der Waals surface area contributed by atoms with Crippen LogP contribution in [0.25, 0.3) is 22.7 Å². The van der Waals surface area contributed by atoms with Crippen molar-refractivity contribution >= 4 is 28.6 Å². The molecule has 0 spiro atoms. The second-order valence-electron chi connectivity index (χ2n) is 16.7. The minimum absolute atomic E-state index is 0.00546. The van der Waals surface area contributed by atoms with Gasteiger partial charge in [0.05, 0.1) is 23.7 Å². The van der Waals surface area contributed by atoms with Gasteiger partial charge in [-0.3, -0.25) is 9.98 Å². The zero-order valence-corrected chi connectivity index (χ0v) is 32.2. The smallest absolute Gasteiger partial charge is 0.208 e. The second-order valence-corrected chi connectivity index (χ2v) is 16.7. The molecular formula is C46H54FN7. The van der Waals surface area contributed by atoms with Crippen LogP contribution < -0.4 is 0 Å². The Hall–Kier alpha value is -4.40. The van der Waals surface area contributed by atoms with Gasteiger partial charge >= 0.3 is 0 Å². The van der Waals surface area contributed by atoms with Crippen molar-refractivity contribution < 1.29 is 4.39 Å². The summed E-state index contributed by atoms with van der Waals surface area (Å²) in [6, 6.07) is 12.0. The number of aliphatic imine (C=N–C) groups is 1. The first-order valence-electron chi connectivity index (χ1n) is 20.4. The number of likely N-dealkylation sites (tertiary alicyclic amines) is 2. The van der Waals surface area contributed by atoms with E-state index in [2.05, 4.69) is 106 Å². The van der Waals surface area contributed by atoms with E-state index in [-0.39, 0.29) is 5.92 Å². The fourth-order valence-corrected chi connectivity index (χ4v) is 9.65. The molecule has 280 valence electrons. The summed E-state index contributed by atoms with van der Waals surface area (Å²) in [4.78, 5) is 22.3. The van der Waals surface area contributed by atoms with Crippen LogP contribution in [0.3, 0.4) is 0 Å². The number of aromatic nitrogens is 3. The highest BCUT2D eigenvalue weighted by Crippen LogP contribution is 2.47. The molecule has 2 saturated heterocycles. The van der Waals surface area contributed by atoms with E-state index >= 15 is 0 Å². The van der Waals surface area contributed by atoms with Crippen molar-refractivity contribution in [3.8, 4) is 0 Å². The van der Waals surface area contributed by atoms with Crippen LogP contribution in [-0.2, 0) is 6.42 Å². The third-order valence-corrected chi connectivity index (χ3v) is 13.0. The molecular weight excluding hydrogens is 670 g/mol. The molecule has 0 bridgehead atoms. The number of rotatable bonds is 9. The summed E-state index contributed by atoms with van der Waals surface area (Å²) in [7, 11) is 0. The van der Waals surface area contributed by atoms with Crippen LogP contribution in [0.2, 0.25) is 0 Å². The van der Waals surface area contributed by atoms with Crippen molar-refractivity contribution in [1.82, 2.24) is 29.2 Å². The lowest BCUT2D eigenvalue weighted by molar-refractivity contribution is 0.271. The van der Waals surface area contributed by atoms with E-state index in [0.717, 1.165) is 62.2 Å². The lowest BCUT2D eigenvalue weighted by Gasteiger charge is -2.39. The number of imidazole rings is 1. The Labute approximate surface area is 320 Å². The Morgan fingerprint density at radius 1 is 0.944 bits per heavy atom. The van der Waals surface area contributed by atoms with Gasteiger partial charge < -0.3 is 19.3 Å². The maximum atomic E-state index is 14.3. The van der Waals surface area contributed by atoms with Gasteiger partial charge in [-0.15, -0.1) is 0 Å². The number of nitrogens with zero attached hydrogens (tertiary/aromatic N) is 7. The zero-order valence-electron chi connectivity index (χ0n) is 32.2. The summed E-state index contributed by atoms with van der Waals surface area (Å²) in [6.07, 6.45) is 29.7. The maximum Gasteiger partial charge on any atom is 0.208 e. The Morgan fingerprint density at radius 3 is 2.52 bits per heavy atom. The van der Waals surface area contributed by atoms with Gasteiger partial charge in [-0.05, 0) is 125 Å². The summed E-state index contributed by atoms with van der Waals surface area (Å²) in [6.45, 7) is 11.8. The van der Waals surface area contributed by atoms with Gasteiger partial charge in [0, 0.05) is 78.6 Å². The topological polar surface area (TPSA) is 52.8 Å². The van der Waals surface area contributed by atoms with Crippen molar-refractivity contribution in [1.29, 1.82) is 0 Å². The number of hydrogen-bond acceptors (Lipinski definition) is 6. The molecule has 2 fully saturated rings. The molecule has 0 amide bonds. The van der Waals surface area contributed by atoms with Crippen LogP contribution in [0.4, 0.5) is 4.39 Å². The molecule has 1 aromatic carbocycles. The molecule has 0 radical (unpaired) electrons. The quantitative estimate of drug-likeness (QED) is 0.220. The number of dihydropyridines is 1. The molecule has 6 aliphatic rings. The predicted octanol–water partition coefficient (Wildman–Crippen LogP) is 9.45. The maximum absolute atomic E-state index is 14.3. The molecule has 7 nitrogen and oxygen atoms in total. The summed E-state index contributed by atoms with van der Waals surface area (Å²) in [5.41, 5.74) is 9.33. The first-order valence-corrected chi connectivity index (χ1v) is 20.4. The van der Waals surface area contributed by atoms with Gasteiger partial charge in [0.2, 0.25) is 5.97 Å². The summed E-state index contributed by atoms with van der Waals surface area (Å²) in [5, 5.41) is 1.17. The molecule has 8 heterocycles. The number of pyridine rings is 1. The van der Waals surface area contributed by atoms with Gasteiger partial charge in [0.15, 0.2) is 0 Å². The van der Waals surface area contributed by atoms with Gasteiger partial charge in [-0.1, -0.05) is 42.8 Å². The third kappa shape index (κ3) is 6.88. The Morgan fingerprint density at radius 2 is 1.76 bits per heavy atom. The molecule has 3 aromatic rings. The molecule has 54 heavy (non-hydrogen) atoms. The van der Waals surface area contributed by atoms with Gasteiger partial charge in [-0.2, -0.15) is 4.39 Å². The van der Waals surface area contributed by atoms with E-state index in [1.54, 1.807) is 6.08 Å². The van der Waals surface area contributed by atoms with Gasteiger partial charge in [0.25, 0.3) is 0 Å². The van der Waals surface area contributed by atoms with Crippen LogP contribution in [0.1, 0.15) is 95.1 Å². The van der Waals surface area contributed by atoms with E-state index in [0.29, 0.717) is 18.6 Å². The molecule has 4 unspecified atom stereocenters. The zero-order chi connectivity index (χ0) is 36.8. The average Bonchev–Trinajstić information content (AvgIpc) is 3.88. The average molecular weight is 724 g/mol. The van der Waals surface area contributed by atoms with E-state index < -0.39 is 11.4 Å². The molecule has 6 aliphatic heterocycles. The van der Waals surface area contributed by atoms with Crippen LogP contribution in [0.15, 0.2) is 107 Å². The molecule has 9 rings (SSSR count). The van der Waals surface area contributed by atoms with Crippen molar-refractivity contribution in [2.24, 2.45) is 10.4 Å². The predicted molar refractivity (Wildman–Crippen MR) is 218 cm³/mol. The molecule has 2 aromatic heterocycles. The van der Waals surface area contributed by atoms with Crippen molar-refractivity contribution in [3.63, 3.8) is 0 Å². The number of benzene rings is 1. The van der Waals surface area contributed by atoms with Gasteiger partial charge in [0.1, 0.15) is 5.82 Å². The first-order chi connectivity index (χ1) is 26.3. The SMILES string of the molecule is CC1CCCN1CCC1=CN2C(=CCC1)C=C(C1(C)C=CC(F)=NC1)C=C2C1CC(c2cccc3ncccc23)=Cn2cc(CCN3CCCC3C)nc21. The standard InChI is InChI=1S/C46H54FN7/c1-32-9-7-21-51(32)23-17-34-11-4-12-38-26-36(46(3)19-16-44(47)49-31-46)27-43(54(38)28-34)41-25-35(39-13-5-15-42-40(39)14-6-20-48-42)29-53-30-37(50-45(41)53)18-24-52-22-8-10-33(52)2/h5-6,12-16,19-20,26-30,32-33,41H,4,7-11,17-18,21-25,31H2,1-3H3. The Balaban J connectivity index is 1.14. The van der Waals surface area contributed by atoms with E-state index in [4.69, 9.17) is 9.97 Å². The minimum Gasteiger partial charge on any atom is -0.321 e. The van der Waals surface area contributed by atoms with E-state index in [1.165, 1.54) is 77.8 Å². The summed E-state index contributed by atoms with van der Waals surface area (Å²) in [5.74, 6) is 0.689. The van der Waals surface area contributed by atoms with Gasteiger partial charge in [-0.25, -0.2) is 4.98 Å². The fraction of sp³-hybridized carbons (Fsp3) is 0.457. The monoisotopic (exact) mass is 723 g/mol. The highest BCUT2D eigenvalue weighted by Gasteiger charge is 2.37. The first kappa shape index (κ1) is 35.3. The Kier molecular flexibility index (Phi) is 9.60. The summed E-state index contributed by atoms with van der Waals surface area (Å²) < 4.78 is 16.6. The number of fused-ring (bicyclic) bond motifs is 3. The van der Waals surface area contributed by atoms with Crippen molar-refractivity contribution in [2.45, 2.75) is 96.6 Å². The number of hydrogen-bond donors (Lipinski definition) is 0. The highest BCUT2D eigenvalue weighted by molar-refractivity contribution is 5.95. The van der Waals surface area contributed by atoms with Crippen molar-refractivity contribution in [3.05, 3.63) is 119 Å². The molecule has 8 heteroatoms. The minimum atomic E-state index is -0.417. The normalized spacial score (nSPS) is 27.5. The molecule has 0 aliphatic carbocycles. The van der Waals surface area contributed by atoms with E-state index in [9.17, 15) is 4.39 Å². The Bertz CT molecular complexity index is 2140. The highest BCUT2D eigenvalue weighted by atomic mass is 19.1. The fourth-order valence-electron chi connectivity index (χ4n) is 9.65. The molecule has 4 atom stereocenters. The summed E-state index contributed by atoms with van der Waals surface area (Å²) >= 11 is 0. The second kappa shape index (κ2) is 14.7. The lowest BCUT2D eigenvalue weighted by Crippen LogP contribution is -2.31. The van der Waals surface area contributed by atoms with Crippen LogP contribution in [-0.4, -0.2) is 80.0 Å². The molecule has 0 N–H and O–H groups in total.